The van der Waals surface area contributed by atoms with Crippen LogP contribution in [0.2, 0.25) is 0 Å². The van der Waals surface area contributed by atoms with Gasteiger partial charge in [-0.2, -0.15) is 0 Å². The van der Waals surface area contributed by atoms with Gasteiger partial charge in [0.1, 0.15) is 0 Å². The summed E-state index contributed by atoms with van der Waals surface area (Å²) in [5, 5.41) is 3.43. The first-order chi connectivity index (χ1) is 9.56. The van der Waals surface area contributed by atoms with Gasteiger partial charge in [-0.1, -0.05) is 26.8 Å². The number of pyridine rings is 1. The molecule has 0 amide bonds. The fraction of sp³-hybridized carbons (Fsp3) is 0.706. The maximum absolute atomic E-state index is 4.79. The molecular formula is C17H29N3. The molecular weight excluding hydrogens is 246 g/mol. The fourth-order valence-corrected chi connectivity index (χ4v) is 2.88. The van der Waals surface area contributed by atoms with Gasteiger partial charge in [0.2, 0.25) is 0 Å². The van der Waals surface area contributed by atoms with Crippen molar-refractivity contribution in [1.29, 1.82) is 0 Å². The van der Waals surface area contributed by atoms with Gasteiger partial charge >= 0.3 is 0 Å². The van der Waals surface area contributed by atoms with Crippen molar-refractivity contribution in [3.05, 3.63) is 29.6 Å². The Bertz CT molecular complexity index is 416. The number of nitrogens with zero attached hydrogens (tertiary/aromatic N) is 2. The second-order valence-corrected chi connectivity index (χ2v) is 6.49. The Labute approximate surface area is 123 Å². The van der Waals surface area contributed by atoms with Gasteiger partial charge in [-0.3, -0.25) is 9.88 Å². The van der Waals surface area contributed by atoms with E-state index in [9.17, 15) is 0 Å². The predicted octanol–water partition coefficient (Wildman–Crippen LogP) is 3.20. The van der Waals surface area contributed by atoms with Crippen LogP contribution >= 0.6 is 0 Å². The summed E-state index contributed by atoms with van der Waals surface area (Å²) < 4.78 is 0. The predicted molar refractivity (Wildman–Crippen MR) is 84.5 cm³/mol. The first kappa shape index (κ1) is 15.5. The number of nitrogens with one attached hydrogen (secondary N) is 1. The zero-order valence-electron chi connectivity index (χ0n) is 13.4. The largest absolute Gasteiger partial charge is 0.309 e. The van der Waals surface area contributed by atoms with E-state index in [4.69, 9.17) is 4.98 Å². The SMILES string of the molecule is CC(C)NCc1cccc(CN2CCCC(C)C2C)n1. The van der Waals surface area contributed by atoms with Gasteiger partial charge in [-0.25, -0.2) is 0 Å². The van der Waals surface area contributed by atoms with E-state index < -0.39 is 0 Å². The van der Waals surface area contributed by atoms with Crippen LogP contribution in [0.5, 0.6) is 0 Å². The second-order valence-electron chi connectivity index (χ2n) is 6.49. The molecule has 0 aromatic carbocycles. The van der Waals surface area contributed by atoms with Crippen molar-refractivity contribution in [2.75, 3.05) is 6.54 Å². The molecule has 0 bridgehead atoms. The summed E-state index contributed by atoms with van der Waals surface area (Å²) in [6, 6.07) is 7.58. The van der Waals surface area contributed by atoms with Crippen molar-refractivity contribution in [3.8, 4) is 0 Å². The molecule has 3 heteroatoms. The third-order valence-corrected chi connectivity index (χ3v) is 4.43. The minimum Gasteiger partial charge on any atom is -0.309 e. The summed E-state index contributed by atoms with van der Waals surface area (Å²) in [5.41, 5.74) is 2.35. The number of likely N-dealkylation sites (tertiary alicyclic amines) is 1. The van der Waals surface area contributed by atoms with Crippen LogP contribution in [-0.2, 0) is 13.1 Å². The molecule has 2 unspecified atom stereocenters. The minimum atomic E-state index is 0.503. The van der Waals surface area contributed by atoms with Gasteiger partial charge < -0.3 is 5.32 Å². The standard InChI is InChI=1S/C17H29N3/c1-13(2)18-11-16-8-5-9-17(19-16)12-20-10-6-7-14(3)15(20)4/h5,8-9,13-15,18H,6-7,10-12H2,1-4H3. The monoisotopic (exact) mass is 275 g/mol. The Morgan fingerprint density at radius 3 is 2.80 bits per heavy atom. The molecule has 1 saturated heterocycles. The topological polar surface area (TPSA) is 28.2 Å². The summed E-state index contributed by atoms with van der Waals surface area (Å²) in [6.07, 6.45) is 2.68. The first-order valence-corrected chi connectivity index (χ1v) is 7.98. The molecule has 1 aliphatic rings. The lowest BCUT2D eigenvalue weighted by molar-refractivity contribution is 0.105. The number of hydrogen-bond acceptors (Lipinski definition) is 3. The van der Waals surface area contributed by atoms with Crippen molar-refractivity contribution >= 4 is 0 Å². The maximum atomic E-state index is 4.79. The number of rotatable bonds is 5. The van der Waals surface area contributed by atoms with Gasteiger partial charge in [0.25, 0.3) is 0 Å². The van der Waals surface area contributed by atoms with Crippen molar-refractivity contribution in [3.63, 3.8) is 0 Å². The Morgan fingerprint density at radius 1 is 1.30 bits per heavy atom. The minimum absolute atomic E-state index is 0.503. The summed E-state index contributed by atoms with van der Waals surface area (Å²) in [7, 11) is 0. The van der Waals surface area contributed by atoms with Crippen molar-refractivity contribution in [2.24, 2.45) is 5.92 Å². The lowest BCUT2D eigenvalue weighted by Gasteiger charge is -2.37. The van der Waals surface area contributed by atoms with Gasteiger partial charge in [0.15, 0.2) is 0 Å². The molecule has 112 valence electrons. The molecule has 1 aromatic rings. The third-order valence-electron chi connectivity index (χ3n) is 4.43. The van der Waals surface area contributed by atoms with Gasteiger partial charge in [0.05, 0.1) is 11.4 Å². The van der Waals surface area contributed by atoms with Gasteiger partial charge in [-0.05, 0) is 44.4 Å². The van der Waals surface area contributed by atoms with E-state index in [1.165, 1.54) is 25.1 Å². The molecule has 2 atom stereocenters. The highest BCUT2D eigenvalue weighted by atomic mass is 15.2. The highest BCUT2D eigenvalue weighted by Gasteiger charge is 2.24. The molecule has 1 aliphatic heterocycles. The number of piperidine rings is 1. The maximum Gasteiger partial charge on any atom is 0.0547 e. The Balaban J connectivity index is 1.96. The van der Waals surface area contributed by atoms with E-state index in [1.54, 1.807) is 0 Å². The van der Waals surface area contributed by atoms with Crippen LogP contribution in [0.25, 0.3) is 0 Å². The van der Waals surface area contributed by atoms with E-state index in [-0.39, 0.29) is 0 Å². The van der Waals surface area contributed by atoms with E-state index >= 15 is 0 Å². The smallest absolute Gasteiger partial charge is 0.0547 e. The van der Waals surface area contributed by atoms with Crippen molar-refractivity contribution in [2.45, 2.75) is 65.7 Å². The van der Waals surface area contributed by atoms with Crippen molar-refractivity contribution < 1.29 is 0 Å². The average molecular weight is 275 g/mol. The Morgan fingerprint density at radius 2 is 2.05 bits per heavy atom. The molecule has 0 spiro atoms. The normalized spacial score (nSPS) is 24.2. The summed E-state index contributed by atoms with van der Waals surface area (Å²) in [5.74, 6) is 0.801. The lowest BCUT2D eigenvalue weighted by atomic mass is 9.92. The number of aromatic nitrogens is 1. The lowest BCUT2D eigenvalue weighted by Crippen LogP contribution is -2.41. The molecule has 2 rings (SSSR count). The fourth-order valence-electron chi connectivity index (χ4n) is 2.88. The quantitative estimate of drug-likeness (QED) is 0.894. The van der Waals surface area contributed by atoms with Crippen LogP contribution in [0, 0.1) is 5.92 Å². The molecule has 2 heterocycles. The molecule has 20 heavy (non-hydrogen) atoms. The second kappa shape index (κ2) is 7.19. The van der Waals surface area contributed by atoms with Crippen molar-refractivity contribution in [1.82, 2.24) is 15.2 Å². The summed E-state index contributed by atoms with van der Waals surface area (Å²) in [6.45, 7) is 12.1. The molecule has 0 aliphatic carbocycles. The third kappa shape index (κ3) is 4.29. The van der Waals surface area contributed by atoms with Crippen LogP contribution in [0.1, 0.15) is 51.9 Å². The Hall–Kier alpha value is -0.930. The zero-order valence-corrected chi connectivity index (χ0v) is 13.4. The highest BCUT2D eigenvalue weighted by molar-refractivity contribution is 5.11. The van der Waals surface area contributed by atoms with E-state index in [1.807, 2.05) is 0 Å². The van der Waals surface area contributed by atoms with Crippen LogP contribution in [-0.4, -0.2) is 28.5 Å². The van der Waals surface area contributed by atoms with Gasteiger partial charge in [0, 0.05) is 25.2 Å². The molecule has 1 fully saturated rings. The van der Waals surface area contributed by atoms with Crippen LogP contribution in [0.3, 0.4) is 0 Å². The molecule has 1 N–H and O–H groups in total. The summed E-state index contributed by atoms with van der Waals surface area (Å²) >= 11 is 0. The van der Waals surface area contributed by atoms with E-state index in [0.717, 1.165) is 24.7 Å². The molecule has 0 saturated carbocycles. The Kier molecular flexibility index (Phi) is 5.55. The van der Waals surface area contributed by atoms with Crippen LogP contribution < -0.4 is 5.32 Å². The van der Waals surface area contributed by atoms with E-state index in [2.05, 4.69) is 56.1 Å². The average Bonchev–Trinajstić information content (AvgIpc) is 2.42. The molecule has 0 radical (unpaired) electrons. The van der Waals surface area contributed by atoms with Gasteiger partial charge in [-0.15, -0.1) is 0 Å². The molecule has 1 aromatic heterocycles. The number of hydrogen-bond donors (Lipinski definition) is 1. The zero-order chi connectivity index (χ0) is 14.5. The highest BCUT2D eigenvalue weighted by Crippen LogP contribution is 2.24. The van der Waals surface area contributed by atoms with E-state index in [0.29, 0.717) is 12.1 Å². The first-order valence-electron chi connectivity index (χ1n) is 7.98. The molecule has 3 nitrogen and oxygen atoms in total. The van der Waals surface area contributed by atoms with Crippen LogP contribution in [0.4, 0.5) is 0 Å². The van der Waals surface area contributed by atoms with Crippen LogP contribution in [0.15, 0.2) is 18.2 Å². The summed E-state index contributed by atoms with van der Waals surface area (Å²) in [4.78, 5) is 7.37.